The molecule has 0 saturated heterocycles. The molecule has 0 bridgehead atoms. The van der Waals surface area contributed by atoms with Gasteiger partial charge in [-0.3, -0.25) is 0 Å². The predicted octanol–water partition coefficient (Wildman–Crippen LogP) is 3.37. The summed E-state index contributed by atoms with van der Waals surface area (Å²) in [6.07, 6.45) is 0. The number of hydrogen-bond acceptors (Lipinski definition) is 5. The number of rotatable bonds is 3. The Bertz CT molecular complexity index is 584. The highest BCUT2D eigenvalue weighted by Gasteiger charge is 2.15. The van der Waals surface area contributed by atoms with Crippen molar-refractivity contribution in [2.75, 3.05) is 20.0 Å². The lowest BCUT2D eigenvalue weighted by molar-refractivity contribution is 0.355. The number of halogens is 1. The number of aryl methyl sites for hydroxylation is 1. The molecule has 1 aromatic carbocycles. The summed E-state index contributed by atoms with van der Waals surface area (Å²) < 4.78 is 10.5. The molecule has 2 rings (SSSR count). The Kier molecular flexibility index (Phi) is 3.63. The summed E-state index contributed by atoms with van der Waals surface area (Å²) in [4.78, 5) is 5.18. The molecule has 4 nitrogen and oxygen atoms in total. The first-order valence-corrected chi connectivity index (χ1v) is 6.41. The maximum absolute atomic E-state index is 6.17. The maximum Gasteiger partial charge on any atom is 0.180 e. The molecule has 0 saturated carbocycles. The summed E-state index contributed by atoms with van der Waals surface area (Å²) in [5.74, 6) is 1.12. The van der Waals surface area contributed by atoms with Gasteiger partial charge in [0.15, 0.2) is 16.6 Å². The van der Waals surface area contributed by atoms with Gasteiger partial charge in [0, 0.05) is 0 Å². The summed E-state index contributed by atoms with van der Waals surface area (Å²) in [5.41, 5.74) is 7.50. The Balaban J connectivity index is 2.59. The monoisotopic (exact) mass is 284 g/mol. The molecule has 2 aromatic rings. The summed E-state index contributed by atoms with van der Waals surface area (Å²) in [6.45, 7) is 1.91. The first-order chi connectivity index (χ1) is 8.56. The molecular formula is C12H13ClN2O2S. The van der Waals surface area contributed by atoms with Crippen LogP contribution in [0.5, 0.6) is 11.5 Å². The first kappa shape index (κ1) is 13.0. The standard InChI is InChI=1S/C12H13ClN2O2S/c1-6-11(18-12(14)15-6)7-4-8(13)10(17-3)9(5-7)16-2/h4-5H,1-3H3,(H2,14,15). The molecule has 0 aliphatic rings. The fraction of sp³-hybridized carbons (Fsp3) is 0.250. The van der Waals surface area contributed by atoms with Gasteiger partial charge in [-0.1, -0.05) is 22.9 Å². The molecular weight excluding hydrogens is 272 g/mol. The Hall–Kier alpha value is -1.46. The van der Waals surface area contributed by atoms with E-state index < -0.39 is 0 Å². The average Bonchev–Trinajstić information content (AvgIpc) is 2.67. The van der Waals surface area contributed by atoms with Gasteiger partial charge < -0.3 is 15.2 Å². The normalized spacial score (nSPS) is 10.4. The van der Waals surface area contributed by atoms with Crippen LogP contribution in [0.15, 0.2) is 12.1 Å². The Morgan fingerprint density at radius 3 is 2.50 bits per heavy atom. The van der Waals surface area contributed by atoms with E-state index in [4.69, 9.17) is 26.8 Å². The van der Waals surface area contributed by atoms with Crippen LogP contribution in [-0.4, -0.2) is 19.2 Å². The van der Waals surface area contributed by atoms with E-state index in [0.717, 1.165) is 16.1 Å². The van der Waals surface area contributed by atoms with E-state index in [-0.39, 0.29) is 0 Å². The van der Waals surface area contributed by atoms with Crippen LogP contribution in [0.2, 0.25) is 5.02 Å². The molecule has 6 heteroatoms. The van der Waals surface area contributed by atoms with Gasteiger partial charge in [0.2, 0.25) is 0 Å². The number of anilines is 1. The Morgan fingerprint density at radius 2 is 2.00 bits per heavy atom. The smallest absolute Gasteiger partial charge is 0.180 e. The van der Waals surface area contributed by atoms with Crippen molar-refractivity contribution in [2.24, 2.45) is 0 Å². The minimum atomic E-state index is 0.498. The predicted molar refractivity (Wildman–Crippen MR) is 74.8 cm³/mol. The third kappa shape index (κ3) is 2.23. The van der Waals surface area contributed by atoms with Gasteiger partial charge in [-0.15, -0.1) is 0 Å². The SMILES string of the molecule is COc1cc(-c2sc(N)nc2C)cc(Cl)c1OC. The number of nitrogens with zero attached hydrogens (tertiary/aromatic N) is 1. The van der Waals surface area contributed by atoms with Crippen LogP contribution in [0.1, 0.15) is 5.69 Å². The van der Waals surface area contributed by atoms with Gasteiger partial charge in [-0.25, -0.2) is 4.98 Å². The zero-order chi connectivity index (χ0) is 13.3. The summed E-state index contributed by atoms with van der Waals surface area (Å²) in [7, 11) is 3.13. The van der Waals surface area contributed by atoms with Crippen molar-refractivity contribution >= 4 is 28.1 Å². The lowest BCUT2D eigenvalue weighted by Gasteiger charge is -2.11. The number of nitrogens with two attached hydrogens (primary N) is 1. The molecule has 0 aliphatic carbocycles. The number of hydrogen-bond donors (Lipinski definition) is 1. The van der Waals surface area contributed by atoms with E-state index >= 15 is 0 Å². The number of benzene rings is 1. The molecule has 0 fully saturated rings. The minimum Gasteiger partial charge on any atom is -0.493 e. The van der Waals surface area contributed by atoms with Crippen molar-refractivity contribution in [3.8, 4) is 21.9 Å². The van der Waals surface area contributed by atoms with E-state index in [0.29, 0.717) is 21.7 Å². The third-order valence-electron chi connectivity index (χ3n) is 2.51. The molecule has 1 aromatic heterocycles. The highest BCUT2D eigenvalue weighted by atomic mass is 35.5. The van der Waals surface area contributed by atoms with Crippen LogP contribution in [0.3, 0.4) is 0 Å². The largest absolute Gasteiger partial charge is 0.493 e. The second-order valence-electron chi connectivity index (χ2n) is 3.66. The lowest BCUT2D eigenvalue weighted by atomic mass is 10.1. The highest BCUT2D eigenvalue weighted by Crippen LogP contribution is 2.41. The molecule has 96 valence electrons. The molecule has 0 unspecified atom stereocenters. The van der Waals surface area contributed by atoms with Gasteiger partial charge in [0.1, 0.15) is 0 Å². The maximum atomic E-state index is 6.17. The molecule has 18 heavy (non-hydrogen) atoms. The molecule has 2 N–H and O–H groups in total. The summed E-state index contributed by atoms with van der Waals surface area (Å²) >= 11 is 7.59. The lowest BCUT2D eigenvalue weighted by Crippen LogP contribution is -1.92. The van der Waals surface area contributed by atoms with Gasteiger partial charge in [0.05, 0.1) is 29.8 Å². The van der Waals surface area contributed by atoms with Crippen molar-refractivity contribution < 1.29 is 9.47 Å². The van der Waals surface area contributed by atoms with E-state index in [2.05, 4.69) is 4.98 Å². The molecule has 0 aliphatic heterocycles. The fourth-order valence-electron chi connectivity index (χ4n) is 1.73. The zero-order valence-corrected chi connectivity index (χ0v) is 11.9. The molecule has 0 atom stereocenters. The van der Waals surface area contributed by atoms with E-state index in [1.54, 1.807) is 14.2 Å². The van der Waals surface area contributed by atoms with Crippen molar-refractivity contribution in [1.82, 2.24) is 4.98 Å². The van der Waals surface area contributed by atoms with Crippen LogP contribution in [0, 0.1) is 6.92 Å². The quantitative estimate of drug-likeness (QED) is 0.939. The van der Waals surface area contributed by atoms with E-state index in [1.807, 2.05) is 19.1 Å². The summed E-state index contributed by atoms with van der Waals surface area (Å²) in [6, 6.07) is 3.69. The second kappa shape index (κ2) is 5.04. The number of nitrogen functional groups attached to an aromatic ring is 1. The van der Waals surface area contributed by atoms with Gasteiger partial charge in [0.25, 0.3) is 0 Å². The zero-order valence-electron chi connectivity index (χ0n) is 10.3. The van der Waals surface area contributed by atoms with E-state index in [1.165, 1.54) is 11.3 Å². The second-order valence-corrected chi connectivity index (χ2v) is 5.10. The highest BCUT2D eigenvalue weighted by molar-refractivity contribution is 7.18. The molecule has 0 spiro atoms. The van der Waals surface area contributed by atoms with Crippen LogP contribution in [0.4, 0.5) is 5.13 Å². The molecule has 1 heterocycles. The van der Waals surface area contributed by atoms with Gasteiger partial charge >= 0.3 is 0 Å². The fourth-order valence-corrected chi connectivity index (χ4v) is 2.84. The van der Waals surface area contributed by atoms with Crippen LogP contribution < -0.4 is 15.2 Å². The van der Waals surface area contributed by atoms with E-state index in [9.17, 15) is 0 Å². The average molecular weight is 285 g/mol. The Labute approximate surface area is 114 Å². The van der Waals surface area contributed by atoms with Crippen molar-refractivity contribution in [3.05, 3.63) is 22.8 Å². The number of ether oxygens (including phenoxy) is 2. The summed E-state index contributed by atoms with van der Waals surface area (Å²) in [5, 5.41) is 1.03. The third-order valence-corrected chi connectivity index (χ3v) is 3.83. The van der Waals surface area contributed by atoms with Crippen molar-refractivity contribution in [3.63, 3.8) is 0 Å². The number of thiazole rings is 1. The topological polar surface area (TPSA) is 57.4 Å². The van der Waals surface area contributed by atoms with Crippen LogP contribution >= 0.6 is 22.9 Å². The van der Waals surface area contributed by atoms with Crippen LogP contribution in [0.25, 0.3) is 10.4 Å². The van der Waals surface area contributed by atoms with Gasteiger partial charge in [-0.05, 0) is 24.6 Å². The van der Waals surface area contributed by atoms with Crippen molar-refractivity contribution in [2.45, 2.75) is 6.92 Å². The van der Waals surface area contributed by atoms with Crippen LogP contribution in [-0.2, 0) is 0 Å². The van der Waals surface area contributed by atoms with Gasteiger partial charge in [-0.2, -0.15) is 0 Å². The minimum absolute atomic E-state index is 0.498. The molecule has 0 radical (unpaired) electrons. The first-order valence-electron chi connectivity index (χ1n) is 5.21. The Morgan fingerprint density at radius 1 is 1.28 bits per heavy atom. The number of aromatic nitrogens is 1. The molecule has 0 amide bonds. The van der Waals surface area contributed by atoms with Crippen molar-refractivity contribution in [1.29, 1.82) is 0 Å². The number of methoxy groups -OCH3 is 2.